The third kappa shape index (κ3) is 5.70. The lowest BCUT2D eigenvalue weighted by molar-refractivity contribution is -0.130. The Hall–Kier alpha value is -1.63. The van der Waals surface area contributed by atoms with Crippen LogP contribution in [-0.2, 0) is 9.53 Å². The molecule has 1 saturated heterocycles. The van der Waals surface area contributed by atoms with Gasteiger partial charge < -0.3 is 21.1 Å². The molecule has 0 aliphatic carbocycles. The fraction of sp³-hybridized carbons (Fsp3) is 0.556. The summed E-state index contributed by atoms with van der Waals surface area (Å²) in [6, 6.07) is 6.88. The molecule has 1 aromatic rings. The minimum absolute atomic E-state index is 0. The van der Waals surface area contributed by atoms with Crippen LogP contribution in [0.3, 0.4) is 0 Å². The van der Waals surface area contributed by atoms with Crippen molar-refractivity contribution in [3.63, 3.8) is 0 Å². The van der Waals surface area contributed by atoms with Gasteiger partial charge in [0.05, 0.1) is 5.41 Å². The second-order valence-corrected chi connectivity index (χ2v) is 7.33. The van der Waals surface area contributed by atoms with Crippen molar-refractivity contribution in [2.45, 2.75) is 39.2 Å². The maximum absolute atomic E-state index is 12.6. The van der Waals surface area contributed by atoms with Crippen LogP contribution >= 0.6 is 12.4 Å². The molecule has 4 N–H and O–H groups in total. The van der Waals surface area contributed by atoms with Gasteiger partial charge in [0, 0.05) is 36.5 Å². The number of anilines is 1. The minimum Gasteiger partial charge on any atom is -0.381 e. The van der Waals surface area contributed by atoms with Gasteiger partial charge in [-0.2, -0.15) is 0 Å². The molecule has 0 radical (unpaired) electrons. The maximum atomic E-state index is 12.6. The standard InChI is InChI=1S/C18H27N3O3.ClH/c1-17(2,3)21-15(22)13-4-6-14(7-5-13)20-16(23)18(12-19)8-10-24-11-9-18;/h4-7H,8-12,19H2,1-3H3,(H,20,23)(H,21,22);1H. The highest BCUT2D eigenvalue weighted by Crippen LogP contribution is 2.30. The number of nitrogens with two attached hydrogens (primary N) is 1. The van der Waals surface area contributed by atoms with Gasteiger partial charge in [-0.25, -0.2) is 0 Å². The zero-order chi connectivity index (χ0) is 17.8. The highest BCUT2D eigenvalue weighted by Gasteiger charge is 2.38. The fourth-order valence-electron chi connectivity index (χ4n) is 2.67. The van der Waals surface area contributed by atoms with E-state index >= 15 is 0 Å². The predicted octanol–water partition coefficient (Wildman–Crippen LogP) is 2.33. The van der Waals surface area contributed by atoms with Gasteiger partial charge in [0.25, 0.3) is 5.91 Å². The van der Waals surface area contributed by atoms with Crippen LogP contribution in [-0.4, -0.2) is 37.1 Å². The van der Waals surface area contributed by atoms with E-state index in [-0.39, 0.29) is 29.8 Å². The molecule has 25 heavy (non-hydrogen) atoms. The number of halogens is 1. The van der Waals surface area contributed by atoms with Crippen molar-refractivity contribution in [3.05, 3.63) is 29.8 Å². The molecule has 0 spiro atoms. The molecular formula is C18H28ClN3O3. The lowest BCUT2D eigenvalue weighted by atomic mass is 9.79. The molecule has 1 fully saturated rings. The Morgan fingerprint density at radius 2 is 1.72 bits per heavy atom. The number of benzene rings is 1. The third-order valence-electron chi connectivity index (χ3n) is 4.22. The summed E-state index contributed by atoms with van der Waals surface area (Å²) >= 11 is 0. The normalized spacial score (nSPS) is 16.5. The Morgan fingerprint density at radius 3 is 2.20 bits per heavy atom. The van der Waals surface area contributed by atoms with Crippen LogP contribution in [0.2, 0.25) is 0 Å². The Kier molecular flexibility index (Phi) is 7.41. The number of ether oxygens (including phenoxy) is 1. The van der Waals surface area contributed by atoms with E-state index in [1.807, 2.05) is 20.8 Å². The zero-order valence-electron chi connectivity index (χ0n) is 15.1. The molecule has 0 saturated carbocycles. The molecule has 1 aliphatic heterocycles. The van der Waals surface area contributed by atoms with Crippen molar-refractivity contribution < 1.29 is 14.3 Å². The molecule has 0 aromatic heterocycles. The number of nitrogens with one attached hydrogen (secondary N) is 2. The summed E-state index contributed by atoms with van der Waals surface area (Å²) in [6.07, 6.45) is 1.25. The number of carbonyl (C=O) groups excluding carboxylic acids is 2. The van der Waals surface area contributed by atoms with Crippen molar-refractivity contribution in [2.75, 3.05) is 25.1 Å². The van der Waals surface area contributed by atoms with Crippen LogP contribution in [0.5, 0.6) is 0 Å². The molecule has 0 atom stereocenters. The van der Waals surface area contributed by atoms with E-state index in [0.717, 1.165) is 0 Å². The summed E-state index contributed by atoms with van der Waals surface area (Å²) in [5, 5.41) is 5.82. The monoisotopic (exact) mass is 369 g/mol. The lowest BCUT2D eigenvalue weighted by Gasteiger charge is -2.34. The molecule has 7 heteroatoms. The van der Waals surface area contributed by atoms with E-state index in [1.54, 1.807) is 24.3 Å². The Bertz CT molecular complexity index is 591. The van der Waals surface area contributed by atoms with Gasteiger partial charge in [-0.3, -0.25) is 9.59 Å². The number of hydrogen-bond donors (Lipinski definition) is 3. The smallest absolute Gasteiger partial charge is 0.251 e. The van der Waals surface area contributed by atoms with E-state index in [4.69, 9.17) is 10.5 Å². The van der Waals surface area contributed by atoms with Gasteiger partial charge in [0.15, 0.2) is 0 Å². The average Bonchev–Trinajstić information content (AvgIpc) is 2.54. The fourth-order valence-corrected chi connectivity index (χ4v) is 2.67. The first-order valence-corrected chi connectivity index (χ1v) is 8.28. The highest BCUT2D eigenvalue weighted by molar-refractivity contribution is 5.97. The van der Waals surface area contributed by atoms with Crippen LogP contribution in [0, 0.1) is 5.41 Å². The van der Waals surface area contributed by atoms with E-state index in [1.165, 1.54) is 0 Å². The lowest BCUT2D eigenvalue weighted by Crippen LogP contribution is -2.46. The van der Waals surface area contributed by atoms with Crippen molar-refractivity contribution in [2.24, 2.45) is 11.1 Å². The molecule has 1 aliphatic rings. The van der Waals surface area contributed by atoms with Gasteiger partial charge >= 0.3 is 0 Å². The van der Waals surface area contributed by atoms with Crippen LogP contribution in [0.4, 0.5) is 5.69 Å². The first-order chi connectivity index (χ1) is 11.3. The van der Waals surface area contributed by atoms with E-state index in [9.17, 15) is 9.59 Å². The second kappa shape index (κ2) is 8.65. The van der Waals surface area contributed by atoms with Gasteiger partial charge in [0.2, 0.25) is 5.91 Å². The average molecular weight is 370 g/mol. The van der Waals surface area contributed by atoms with Crippen LogP contribution in [0.1, 0.15) is 44.0 Å². The summed E-state index contributed by atoms with van der Waals surface area (Å²) < 4.78 is 5.33. The summed E-state index contributed by atoms with van der Waals surface area (Å²) in [4.78, 5) is 24.7. The Labute approximate surface area is 155 Å². The van der Waals surface area contributed by atoms with Crippen molar-refractivity contribution >= 4 is 29.9 Å². The van der Waals surface area contributed by atoms with Gasteiger partial charge in [0.1, 0.15) is 0 Å². The zero-order valence-corrected chi connectivity index (χ0v) is 15.9. The van der Waals surface area contributed by atoms with Crippen molar-refractivity contribution in [3.8, 4) is 0 Å². The molecule has 140 valence electrons. The number of rotatable bonds is 4. The third-order valence-corrected chi connectivity index (χ3v) is 4.22. The summed E-state index contributed by atoms with van der Waals surface area (Å²) in [6.45, 7) is 7.19. The van der Waals surface area contributed by atoms with Gasteiger partial charge in [-0.1, -0.05) is 0 Å². The second-order valence-electron chi connectivity index (χ2n) is 7.33. The quantitative estimate of drug-likeness (QED) is 0.759. The molecule has 0 unspecified atom stereocenters. The molecule has 2 amide bonds. The van der Waals surface area contributed by atoms with E-state index < -0.39 is 5.41 Å². The Morgan fingerprint density at radius 1 is 1.16 bits per heavy atom. The predicted molar refractivity (Wildman–Crippen MR) is 101 cm³/mol. The number of amides is 2. The largest absolute Gasteiger partial charge is 0.381 e. The Balaban J connectivity index is 0.00000312. The van der Waals surface area contributed by atoms with Crippen LogP contribution in [0.15, 0.2) is 24.3 Å². The molecule has 0 bridgehead atoms. The van der Waals surface area contributed by atoms with E-state index in [2.05, 4.69) is 10.6 Å². The molecule has 2 rings (SSSR count). The summed E-state index contributed by atoms with van der Waals surface area (Å²) in [7, 11) is 0. The van der Waals surface area contributed by atoms with Crippen LogP contribution < -0.4 is 16.4 Å². The highest BCUT2D eigenvalue weighted by atomic mass is 35.5. The van der Waals surface area contributed by atoms with Gasteiger partial charge in [-0.15, -0.1) is 12.4 Å². The van der Waals surface area contributed by atoms with Crippen molar-refractivity contribution in [1.82, 2.24) is 5.32 Å². The first kappa shape index (κ1) is 21.4. The molecular weight excluding hydrogens is 342 g/mol. The van der Waals surface area contributed by atoms with Gasteiger partial charge in [-0.05, 0) is 57.9 Å². The first-order valence-electron chi connectivity index (χ1n) is 8.28. The van der Waals surface area contributed by atoms with Crippen LogP contribution in [0.25, 0.3) is 0 Å². The minimum atomic E-state index is -0.569. The molecule has 1 aromatic carbocycles. The number of hydrogen-bond acceptors (Lipinski definition) is 4. The summed E-state index contributed by atoms with van der Waals surface area (Å²) in [5.41, 5.74) is 6.20. The molecule has 1 heterocycles. The SMILES string of the molecule is CC(C)(C)NC(=O)c1ccc(NC(=O)C2(CN)CCOCC2)cc1.Cl. The maximum Gasteiger partial charge on any atom is 0.251 e. The van der Waals surface area contributed by atoms with E-state index in [0.29, 0.717) is 43.9 Å². The number of carbonyl (C=O) groups is 2. The van der Waals surface area contributed by atoms with Crippen molar-refractivity contribution in [1.29, 1.82) is 0 Å². The summed E-state index contributed by atoms with van der Waals surface area (Å²) in [5.74, 6) is -0.219. The topological polar surface area (TPSA) is 93.5 Å². The molecule has 6 nitrogen and oxygen atoms in total.